The summed E-state index contributed by atoms with van der Waals surface area (Å²) in [5, 5.41) is 5.71. The number of benzene rings is 1. The van der Waals surface area contributed by atoms with Crippen LogP contribution in [0.25, 0.3) is 0 Å². The summed E-state index contributed by atoms with van der Waals surface area (Å²) in [6.07, 6.45) is 0.886. The minimum Gasteiger partial charge on any atom is -0.490 e. The third-order valence-corrected chi connectivity index (χ3v) is 3.04. The largest absolute Gasteiger partial charge is 0.490 e. The summed E-state index contributed by atoms with van der Waals surface area (Å²) in [7, 11) is 0. The van der Waals surface area contributed by atoms with Gasteiger partial charge in [-0.25, -0.2) is 4.79 Å². The summed E-state index contributed by atoms with van der Waals surface area (Å²) in [5.74, 6) is 1.52. The Hall–Kier alpha value is -1.91. The van der Waals surface area contributed by atoms with Crippen LogP contribution in [0.15, 0.2) is 18.2 Å². The second-order valence-corrected chi connectivity index (χ2v) is 6.43. The van der Waals surface area contributed by atoms with Gasteiger partial charge in [-0.1, -0.05) is 26.8 Å². The Labute approximate surface area is 126 Å². The van der Waals surface area contributed by atoms with E-state index in [1.54, 1.807) is 0 Å². The van der Waals surface area contributed by atoms with Crippen LogP contribution in [-0.2, 0) is 6.54 Å². The molecule has 116 valence electrons. The Bertz CT molecular complexity index is 495. The number of nitrogens with one attached hydrogen (secondary N) is 2. The Kier molecular flexibility index (Phi) is 4.94. The quantitative estimate of drug-likeness (QED) is 0.900. The lowest BCUT2D eigenvalue weighted by Crippen LogP contribution is -2.39. The predicted octanol–water partition coefficient (Wildman–Crippen LogP) is 2.69. The Morgan fingerprint density at radius 2 is 1.86 bits per heavy atom. The summed E-state index contributed by atoms with van der Waals surface area (Å²) >= 11 is 0. The lowest BCUT2D eigenvalue weighted by Gasteiger charge is -2.19. The summed E-state index contributed by atoms with van der Waals surface area (Å²) in [5.41, 5.74) is 1.07. The van der Waals surface area contributed by atoms with Crippen LogP contribution < -0.4 is 20.1 Å². The molecule has 0 fully saturated rings. The van der Waals surface area contributed by atoms with Gasteiger partial charge in [-0.2, -0.15) is 0 Å². The van der Waals surface area contributed by atoms with Crippen LogP contribution in [0.2, 0.25) is 0 Å². The van der Waals surface area contributed by atoms with E-state index in [2.05, 4.69) is 31.4 Å². The molecule has 2 rings (SSSR count). The molecule has 1 aliphatic rings. The van der Waals surface area contributed by atoms with Gasteiger partial charge in [0.1, 0.15) is 0 Å². The number of urea groups is 1. The average molecular weight is 292 g/mol. The average Bonchev–Trinajstić information content (AvgIpc) is 2.66. The molecule has 1 heterocycles. The number of hydrogen-bond donors (Lipinski definition) is 2. The number of amides is 2. The lowest BCUT2D eigenvalue weighted by atomic mass is 9.97. The molecular formula is C16H24N2O3. The Balaban J connectivity index is 1.86. The first kappa shape index (κ1) is 15.5. The van der Waals surface area contributed by atoms with Crippen molar-refractivity contribution in [3.8, 4) is 11.5 Å². The van der Waals surface area contributed by atoms with Gasteiger partial charge in [-0.05, 0) is 23.1 Å². The van der Waals surface area contributed by atoms with Gasteiger partial charge in [0.15, 0.2) is 11.5 Å². The maximum Gasteiger partial charge on any atom is 0.315 e. The molecule has 0 radical (unpaired) electrons. The smallest absolute Gasteiger partial charge is 0.315 e. The topological polar surface area (TPSA) is 59.6 Å². The van der Waals surface area contributed by atoms with Gasteiger partial charge < -0.3 is 20.1 Å². The van der Waals surface area contributed by atoms with Gasteiger partial charge >= 0.3 is 6.03 Å². The van der Waals surface area contributed by atoms with Crippen molar-refractivity contribution in [2.24, 2.45) is 5.41 Å². The fourth-order valence-electron chi connectivity index (χ4n) is 1.91. The minimum atomic E-state index is -0.156. The van der Waals surface area contributed by atoms with E-state index in [1.807, 2.05) is 18.2 Å². The van der Waals surface area contributed by atoms with Gasteiger partial charge in [0, 0.05) is 19.5 Å². The van der Waals surface area contributed by atoms with E-state index in [0.29, 0.717) is 26.3 Å². The first-order valence-corrected chi connectivity index (χ1v) is 7.34. The second kappa shape index (κ2) is 6.70. The SMILES string of the molecule is CC(C)(C)CNC(=O)NCc1ccc2c(c1)OCCCO2. The van der Waals surface area contributed by atoms with Crippen molar-refractivity contribution in [1.29, 1.82) is 0 Å². The summed E-state index contributed by atoms with van der Waals surface area (Å²) < 4.78 is 11.2. The van der Waals surface area contributed by atoms with Crippen molar-refractivity contribution < 1.29 is 14.3 Å². The van der Waals surface area contributed by atoms with Crippen molar-refractivity contribution in [3.05, 3.63) is 23.8 Å². The van der Waals surface area contributed by atoms with Crippen molar-refractivity contribution in [1.82, 2.24) is 10.6 Å². The Morgan fingerprint density at radius 3 is 2.57 bits per heavy atom. The standard InChI is InChI=1S/C16H24N2O3/c1-16(2,3)11-18-15(19)17-10-12-5-6-13-14(9-12)21-8-4-7-20-13/h5-6,9H,4,7-8,10-11H2,1-3H3,(H2,17,18,19). The van der Waals surface area contributed by atoms with Crippen LogP contribution in [0.5, 0.6) is 11.5 Å². The second-order valence-electron chi connectivity index (χ2n) is 6.43. The fourth-order valence-corrected chi connectivity index (χ4v) is 1.91. The number of hydrogen-bond acceptors (Lipinski definition) is 3. The molecule has 2 amide bonds. The highest BCUT2D eigenvalue weighted by atomic mass is 16.5. The number of carbonyl (C=O) groups excluding carboxylic acids is 1. The van der Waals surface area contributed by atoms with E-state index in [4.69, 9.17) is 9.47 Å². The van der Waals surface area contributed by atoms with Crippen LogP contribution in [0, 0.1) is 5.41 Å². The summed E-state index contributed by atoms with van der Waals surface area (Å²) in [6, 6.07) is 5.60. The van der Waals surface area contributed by atoms with Crippen molar-refractivity contribution in [2.45, 2.75) is 33.7 Å². The molecule has 5 heteroatoms. The number of rotatable bonds is 3. The van der Waals surface area contributed by atoms with Gasteiger partial charge in [0.25, 0.3) is 0 Å². The van der Waals surface area contributed by atoms with E-state index in [1.165, 1.54) is 0 Å². The highest BCUT2D eigenvalue weighted by molar-refractivity contribution is 5.73. The molecule has 21 heavy (non-hydrogen) atoms. The Morgan fingerprint density at radius 1 is 1.14 bits per heavy atom. The van der Waals surface area contributed by atoms with E-state index in [9.17, 15) is 4.79 Å². The molecular weight excluding hydrogens is 268 g/mol. The zero-order chi connectivity index (χ0) is 15.3. The molecule has 2 N–H and O–H groups in total. The molecule has 0 unspecified atom stereocenters. The van der Waals surface area contributed by atoms with E-state index >= 15 is 0 Å². The third kappa shape index (κ3) is 5.17. The number of carbonyl (C=O) groups is 1. The van der Waals surface area contributed by atoms with Crippen LogP contribution in [0.4, 0.5) is 4.79 Å². The highest BCUT2D eigenvalue weighted by Crippen LogP contribution is 2.30. The van der Waals surface area contributed by atoms with E-state index in [0.717, 1.165) is 23.5 Å². The van der Waals surface area contributed by atoms with Crippen LogP contribution in [0.1, 0.15) is 32.8 Å². The molecule has 0 spiro atoms. The lowest BCUT2D eigenvalue weighted by molar-refractivity contribution is 0.235. The molecule has 0 saturated carbocycles. The van der Waals surface area contributed by atoms with Gasteiger partial charge in [0.2, 0.25) is 0 Å². The normalized spacial score (nSPS) is 14.2. The van der Waals surface area contributed by atoms with Crippen molar-refractivity contribution >= 4 is 6.03 Å². The fraction of sp³-hybridized carbons (Fsp3) is 0.562. The van der Waals surface area contributed by atoms with Crippen LogP contribution in [-0.4, -0.2) is 25.8 Å². The van der Waals surface area contributed by atoms with Gasteiger partial charge in [0.05, 0.1) is 13.2 Å². The monoisotopic (exact) mass is 292 g/mol. The molecule has 0 bridgehead atoms. The number of fused-ring (bicyclic) bond motifs is 1. The maximum atomic E-state index is 11.7. The van der Waals surface area contributed by atoms with E-state index in [-0.39, 0.29) is 11.4 Å². The van der Waals surface area contributed by atoms with Gasteiger partial charge in [-0.3, -0.25) is 0 Å². The molecule has 0 atom stereocenters. The zero-order valence-electron chi connectivity index (χ0n) is 13.0. The van der Waals surface area contributed by atoms with Gasteiger partial charge in [-0.15, -0.1) is 0 Å². The minimum absolute atomic E-state index is 0.0760. The summed E-state index contributed by atoms with van der Waals surface area (Å²) in [6.45, 7) is 8.69. The number of ether oxygens (including phenoxy) is 2. The molecule has 0 saturated heterocycles. The van der Waals surface area contributed by atoms with Crippen LogP contribution in [0.3, 0.4) is 0 Å². The van der Waals surface area contributed by atoms with Crippen molar-refractivity contribution in [2.75, 3.05) is 19.8 Å². The molecule has 1 aliphatic heterocycles. The predicted molar refractivity (Wildman–Crippen MR) is 81.7 cm³/mol. The summed E-state index contributed by atoms with van der Waals surface area (Å²) in [4.78, 5) is 11.7. The molecule has 1 aromatic rings. The third-order valence-electron chi connectivity index (χ3n) is 3.04. The highest BCUT2D eigenvalue weighted by Gasteiger charge is 2.13. The zero-order valence-corrected chi connectivity index (χ0v) is 13.0. The first-order chi connectivity index (χ1) is 9.94. The molecule has 0 aromatic heterocycles. The van der Waals surface area contributed by atoms with Crippen molar-refractivity contribution in [3.63, 3.8) is 0 Å². The molecule has 0 aliphatic carbocycles. The molecule has 5 nitrogen and oxygen atoms in total. The first-order valence-electron chi connectivity index (χ1n) is 7.34. The molecule has 1 aromatic carbocycles. The van der Waals surface area contributed by atoms with E-state index < -0.39 is 0 Å². The maximum absolute atomic E-state index is 11.7. The van der Waals surface area contributed by atoms with Crippen LogP contribution >= 0.6 is 0 Å².